The zero-order valence-electron chi connectivity index (χ0n) is 53.2. The van der Waals surface area contributed by atoms with Gasteiger partial charge in [0.2, 0.25) is 35.4 Å². The van der Waals surface area contributed by atoms with Crippen LogP contribution in [0.1, 0.15) is 264 Å². The topological polar surface area (TPSA) is 306 Å². The van der Waals surface area contributed by atoms with E-state index in [1.807, 2.05) is 0 Å². The molecule has 0 aromatic rings. The van der Waals surface area contributed by atoms with Crippen molar-refractivity contribution in [3.05, 3.63) is 0 Å². The minimum Gasteiger partial charge on any atom is -0.469 e. The van der Waals surface area contributed by atoms with Gasteiger partial charge in [-0.25, -0.2) is 4.79 Å². The fraction of sp³-hybridized carbons (Fsp3) is 0.825. The Bertz CT molecular complexity index is 1900. The first kappa shape index (κ1) is 79.2. The van der Waals surface area contributed by atoms with Gasteiger partial charge in [-0.1, -0.05) is 168 Å². The first-order chi connectivity index (χ1) is 41.0. The van der Waals surface area contributed by atoms with Crippen LogP contribution in [0.25, 0.3) is 0 Å². The number of methoxy groups -OCH3 is 5. The molecule has 0 rings (SSSR count). The Morgan fingerprint density at radius 2 is 0.541 bits per heavy atom. The normalized spacial score (nSPS) is 12.7. The molecule has 22 heteroatoms. The molecule has 0 aliphatic carbocycles. The summed E-state index contributed by atoms with van der Waals surface area (Å²) in [6.45, 7) is 4.80. The molecular formula is C63H112N6O16. The molecule has 22 nitrogen and oxygen atoms in total. The molecule has 0 aliphatic rings. The highest BCUT2D eigenvalue weighted by Crippen LogP contribution is 2.16. The van der Waals surface area contributed by atoms with Crippen LogP contribution in [0.3, 0.4) is 0 Å². The second-order valence-corrected chi connectivity index (χ2v) is 22.2. The van der Waals surface area contributed by atoms with Crippen LogP contribution >= 0.6 is 0 Å². The molecular weight excluding hydrogens is 1100 g/mol. The predicted molar refractivity (Wildman–Crippen MR) is 324 cm³/mol. The van der Waals surface area contributed by atoms with Gasteiger partial charge in [-0.3, -0.25) is 47.9 Å². The van der Waals surface area contributed by atoms with Crippen LogP contribution in [0.15, 0.2) is 0 Å². The maximum Gasteiger partial charge on any atom is 0.328 e. The number of unbranched alkanes of at least 4 members (excludes halogenated alkanes) is 25. The lowest BCUT2D eigenvalue weighted by Crippen LogP contribution is -2.59. The van der Waals surface area contributed by atoms with Crippen molar-refractivity contribution in [1.29, 1.82) is 0 Å². The summed E-state index contributed by atoms with van der Waals surface area (Å²) in [5.41, 5.74) is 0. The third-order valence-electron chi connectivity index (χ3n) is 15.1. The largest absolute Gasteiger partial charge is 0.469 e. The van der Waals surface area contributed by atoms with E-state index >= 15 is 0 Å². The van der Waals surface area contributed by atoms with Gasteiger partial charge in [0.15, 0.2) is 0 Å². The molecule has 0 aromatic carbocycles. The van der Waals surface area contributed by atoms with Crippen LogP contribution in [0.5, 0.6) is 0 Å². The van der Waals surface area contributed by atoms with E-state index in [9.17, 15) is 52.7 Å². The number of nitrogens with one attached hydrogen (secondary N) is 6. The molecule has 0 radical (unpaired) electrons. The van der Waals surface area contributed by atoms with E-state index in [0.717, 1.165) is 80.5 Å². The van der Waals surface area contributed by atoms with E-state index in [2.05, 4.69) is 50.5 Å². The van der Waals surface area contributed by atoms with Crippen molar-refractivity contribution >= 4 is 65.3 Å². The fourth-order valence-corrected chi connectivity index (χ4v) is 9.68. The molecule has 490 valence electrons. The van der Waals surface area contributed by atoms with Crippen LogP contribution < -0.4 is 31.9 Å². The van der Waals surface area contributed by atoms with Crippen molar-refractivity contribution in [2.24, 2.45) is 0 Å². The summed E-state index contributed by atoms with van der Waals surface area (Å²) in [5, 5.41) is 15.9. The number of hydrogen-bond donors (Lipinski definition) is 6. The Balaban J connectivity index is 6.24. The maximum absolute atomic E-state index is 14.3. The van der Waals surface area contributed by atoms with Crippen molar-refractivity contribution < 1.29 is 76.4 Å². The summed E-state index contributed by atoms with van der Waals surface area (Å²) in [6.07, 6.45) is 29.2. The van der Waals surface area contributed by atoms with Gasteiger partial charge in [0, 0.05) is 45.1 Å². The molecule has 5 atom stereocenters. The Morgan fingerprint density at radius 3 is 0.847 bits per heavy atom. The van der Waals surface area contributed by atoms with E-state index in [1.54, 1.807) is 0 Å². The molecule has 0 aromatic heterocycles. The molecule has 6 amide bonds. The molecule has 0 aliphatic heterocycles. The van der Waals surface area contributed by atoms with E-state index in [0.29, 0.717) is 32.2 Å². The van der Waals surface area contributed by atoms with Crippen LogP contribution in [-0.4, -0.2) is 138 Å². The molecule has 0 spiro atoms. The summed E-state index contributed by atoms with van der Waals surface area (Å²) in [7, 11) is 5.58. The number of hydrogen-bond acceptors (Lipinski definition) is 16. The summed E-state index contributed by atoms with van der Waals surface area (Å²) < 4.78 is 23.8. The highest BCUT2D eigenvalue weighted by molar-refractivity contribution is 5.96. The predicted octanol–water partition coefficient (Wildman–Crippen LogP) is 8.65. The van der Waals surface area contributed by atoms with Gasteiger partial charge in [-0.15, -0.1) is 0 Å². The van der Waals surface area contributed by atoms with E-state index < -0.39 is 103 Å². The van der Waals surface area contributed by atoms with Gasteiger partial charge in [0.05, 0.1) is 35.5 Å². The Labute approximate surface area is 508 Å². The second-order valence-electron chi connectivity index (χ2n) is 22.2. The van der Waals surface area contributed by atoms with E-state index in [1.165, 1.54) is 116 Å². The quantitative estimate of drug-likeness (QED) is 0.0189. The summed E-state index contributed by atoms with van der Waals surface area (Å²) in [6, 6.07) is -7.22. The van der Waals surface area contributed by atoms with Gasteiger partial charge in [0.1, 0.15) is 30.2 Å². The Hall–Kier alpha value is -5.83. The molecule has 0 fully saturated rings. The van der Waals surface area contributed by atoms with Gasteiger partial charge in [-0.2, -0.15) is 0 Å². The lowest BCUT2D eigenvalue weighted by Gasteiger charge is -2.27. The lowest BCUT2D eigenvalue weighted by molar-refractivity contribution is -0.147. The monoisotopic (exact) mass is 1210 g/mol. The van der Waals surface area contributed by atoms with Crippen LogP contribution in [0, 0.1) is 0 Å². The van der Waals surface area contributed by atoms with Crippen molar-refractivity contribution in [1.82, 2.24) is 31.9 Å². The molecule has 85 heavy (non-hydrogen) atoms. The lowest BCUT2D eigenvalue weighted by atomic mass is 10.0. The third-order valence-corrected chi connectivity index (χ3v) is 15.1. The minimum atomic E-state index is -1.61. The number of carbonyl (C=O) groups excluding carboxylic acids is 11. The SMILES string of the molecule is CCCCCCCCCCCCCCCC(=O)NCCCC[C@H](NC(=O)CCCCCCCCCCCCCCC)C(=O)N[C@@H](CCC(=O)OC)C(=O)N[C@@H](CCC(=O)OC)C(=O)N[C@@H](CCC(=O)OC)C(=O)N[C@@H](CCC(=O)OC)C(=O)OC. The van der Waals surface area contributed by atoms with Crippen LogP contribution in [0.2, 0.25) is 0 Å². The zero-order valence-corrected chi connectivity index (χ0v) is 53.2. The maximum atomic E-state index is 14.3. The van der Waals surface area contributed by atoms with Gasteiger partial charge in [0.25, 0.3) is 0 Å². The van der Waals surface area contributed by atoms with Crippen molar-refractivity contribution in [2.75, 3.05) is 42.1 Å². The summed E-state index contributed by atoms with van der Waals surface area (Å²) >= 11 is 0. The zero-order chi connectivity index (χ0) is 63.3. The van der Waals surface area contributed by atoms with E-state index in [4.69, 9.17) is 18.9 Å². The Morgan fingerprint density at radius 1 is 0.271 bits per heavy atom. The third kappa shape index (κ3) is 43.4. The molecule has 0 heterocycles. The number of amides is 6. The number of carbonyl (C=O) groups is 11. The van der Waals surface area contributed by atoms with E-state index in [-0.39, 0.29) is 56.8 Å². The minimum absolute atomic E-state index is 0.0545. The van der Waals surface area contributed by atoms with Gasteiger partial charge in [-0.05, 0) is 57.8 Å². The van der Waals surface area contributed by atoms with Gasteiger partial charge < -0.3 is 55.6 Å². The highest BCUT2D eigenvalue weighted by Gasteiger charge is 2.34. The molecule has 0 saturated heterocycles. The second kappa shape index (κ2) is 53.6. The average molecular weight is 1210 g/mol. The first-order valence-electron chi connectivity index (χ1n) is 32.1. The standard InChI is InChI=1S/C63H112N6O16/c1-8-10-12-14-16-18-20-22-24-26-28-30-32-37-53(70)64-47-35-34-36-48(65-54(71)38-33-31-29-27-25-23-21-19-17-15-13-11-9-2)59(76)66-49(39-43-55(72)81-3)60(77)67-50(40-44-56(73)82-4)61(78)68-51(41-45-57(74)83-5)62(79)69-52(63(80)85-7)42-46-58(75)84-6/h48-52H,8-47H2,1-7H3,(H,64,70)(H,65,71)(H,66,76)(H,67,77)(H,68,78)(H,69,79)/t48-,49-,50-,51-,52-/m0/s1. The molecule has 6 N–H and O–H groups in total. The van der Waals surface area contributed by atoms with Crippen LogP contribution in [0.4, 0.5) is 0 Å². The average Bonchev–Trinajstić information content (AvgIpc) is 3.56. The van der Waals surface area contributed by atoms with Gasteiger partial charge >= 0.3 is 29.8 Å². The van der Waals surface area contributed by atoms with Crippen molar-refractivity contribution in [3.63, 3.8) is 0 Å². The first-order valence-corrected chi connectivity index (χ1v) is 32.1. The summed E-state index contributed by atoms with van der Waals surface area (Å²) in [4.78, 5) is 144. The highest BCUT2D eigenvalue weighted by atomic mass is 16.5. The number of esters is 5. The fourth-order valence-electron chi connectivity index (χ4n) is 9.68. The van der Waals surface area contributed by atoms with Crippen molar-refractivity contribution in [2.45, 2.75) is 294 Å². The molecule has 0 saturated carbocycles. The summed E-state index contributed by atoms with van der Waals surface area (Å²) in [5.74, 6) is -8.00. The smallest absolute Gasteiger partial charge is 0.328 e. The number of rotatable bonds is 55. The molecule has 0 bridgehead atoms. The van der Waals surface area contributed by atoms with Crippen LogP contribution in [-0.2, 0) is 76.4 Å². The number of ether oxygens (including phenoxy) is 5. The van der Waals surface area contributed by atoms with Crippen molar-refractivity contribution in [3.8, 4) is 0 Å². The Kier molecular flexibility index (Phi) is 49.9. The molecule has 0 unspecified atom stereocenters.